The van der Waals surface area contributed by atoms with Gasteiger partial charge in [-0.3, -0.25) is 4.90 Å². The number of hydrogen-bond donors (Lipinski definition) is 1. The van der Waals surface area contributed by atoms with E-state index in [1.54, 1.807) is 0 Å². The van der Waals surface area contributed by atoms with Crippen LogP contribution in [0.25, 0.3) is 0 Å². The molecule has 2 saturated heterocycles. The predicted octanol–water partition coefficient (Wildman–Crippen LogP) is 2.26. The van der Waals surface area contributed by atoms with Crippen LogP contribution in [0.5, 0.6) is 0 Å². The average Bonchev–Trinajstić information content (AvgIpc) is 2.95. The van der Waals surface area contributed by atoms with Crippen molar-refractivity contribution in [2.75, 3.05) is 19.6 Å². The van der Waals surface area contributed by atoms with E-state index in [4.69, 9.17) is 0 Å². The fourth-order valence-corrected chi connectivity index (χ4v) is 3.52. The highest BCUT2D eigenvalue weighted by molar-refractivity contribution is 5.15. The first-order chi connectivity index (χ1) is 8.30. The van der Waals surface area contributed by atoms with Crippen molar-refractivity contribution in [3.8, 4) is 0 Å². The third-order valence-electron chi connectivity index (χ3n) is 4.84. The molecule has 0 radical (unpaired) electrons. The Kier molecular flexibility index (Phi) is 2.93. The zero-order valence-electron chi connectivity index (χ0n) is 10.7. The largest absolute Gasteiger partial charge is 0.316 e. The molecule has 2 aliphatic rings. The SMILES string of the molecule is CC1N(Cc2ccccc2)CCC12CCNC2. The number of likely N-dealkylation sites (tertiary alicyclic amines) is 1. The van der Waals surface area contributed by atoms with Crippen molar-refractivity contribution in [3.05, 3.63) is 35.9 Å². The Hall–Kier alpha value is -0.860. The Morgan fingerprint density at radius 3 is 2.82 bits per heavy atom. The first-order valence-corrected chi connectivity index (χ1v) is 6.79. The van der Waals surface area contributed by atoms with Crippen LogP contribution in [-0.2, 0) is 6.54 Å². The molecule has 2 heterocycles. The van der Waals surface area contributed by atoms with E-state index < -0.39 is 0 Å². The predicted molar refractivity (Wildman–Crippen MR) is 70.9 cm³/mol. The van der Waals surface area contributed by atoms with Gasteiger partial charge in [0, 0.05) is 24.5 Å². The number of benzene rings is 1. The van der Waals surface area contributed by atoms with Crippen molar-refractivity contribution in [1.29, 1.82) is 0 Å². The van der Waals surface area contributed by atoms with Crippen LogP contribution in [0.3, 0.4) is 0 Å². The van der Waals surface area contributed by atoms with Crippen LogP contribution in [-0.4, -0.2) is 30.6 Å². The lowest BCUT2D eigenvalue weighted by molar-refractivity contribution is 0.177. The molecule has 0 aromatic heterocycles. The molecule has 1 aromatic rings. The normalized spacial score (nSPS) is 33.6. The Labute approximate surface area is 104 Å². The first kappa shape index (κ1) is 11.2. The molecule has 0 aliphatic carbocycles. The van der Waals surface area contributed by atoms with E-state index in [-0.39, 0.29) is 0 Å². The van der Waals surface area contributed by atoms with E-state index in [2.05, 4.69) is 47.5 Å². The topological polar surface area (TPSA) is 15.3 Å². The molecule has 0 bridgehead atoms. The van der Waals surface area contributed by atoms with Crippen molar-refractivity contribution >= 4 is 0 Å². The summed E-state index contributed by atoms with van der Waals surface area (Å²) in [4.78, 5) is 2.66. The minimum absolute atomic E-state index is 0.564. The van der Waals surface area contributed by atoms with Gasteiger partial charge in [-0.25, -0.2) is 0 Å². The minimum Gasteiger partial charge on any atom is -0.316 e. The molecule has 0 amide bonds. The van der Waals surface area contributed by atoms with Crippen LogP contribution in [0.4, 0.5) is 0 Å². The first-order valence-electron chi connectivity index (χ1n) is 6.79. The van der Waals surface area contributed by atoms with Crippen LogP contribution in [0, 0.1) is 5.41 Å². The lowest BCUT2D eigenvalue weighted by Crippen LogP contribution is -2.38. The maximum atomic E-state index is 3.54. The second-order valence-corrected chi connectivity index (χ2v) is 5.67. The number of rotatable bonds is 2. The van der Waals surface area contributed by atoms with Gasteiger partial charge >= 0.3 is 0 Å². The Morgan fingerprint density at radius 1 is 1.29 bits per heavy atom. The molecule has 2 nitrogen and oxygen atoms in total. The van der Waals surface area contributed by atoms with E-state index in [0.717, 1.165) is 12.6 Å². The highest BCUT2D eigenvalue weighted by atomic mass is 15.2. The van der Waals surface area contributed by atoms with Crippen molar-refractivity contribution in [2.45, 2.75) is 32.4 Å². The molecule has 2 aliphatic heterocycles. The van der Waals surface area contributed by atoms with Crippen LogP contribution in [0.1, 0.15) is 25.3 Å². The zero-order chi connectivity index (χ0) is 11.7. The van der Waals surface area contributed by atoms with Gasteiger partial charge in [-0.2, -0.15) is 0 Å². The van der Waals surface area contributed by atoms with Gasteiger partial charge in [-0.15, -0.1) is 0 Å². The standard InChI is InChI=1S/C15H22N2/c1-13-15(7-9-16-12-15)8-10-17(13)11-14-5-3-2-4-6-14/h2-6,13,16H,7-12H2,1H3. The second kappa shape index (κ2) is 4.43. The maximum Gasteiger partial charge on any atom is 0.0236 e. The summed E-state index contributed by atoms with van der Waals surface area (Å²) in [5.41, 5.74) is 2.01. The van der Waals surface area contributed by atoms with Gasteiger partial charge in [0.15, 0.2) is 0 Å². The molecule has 2 heteroatoms. The molecule has 2 unspecified atom stereocenters. The van der Waals surface area contributed by atoms with Crippen molar-refractivity contribution in [1.82, 2.24) is 10.2 Å². The van der Waals surface area contributed by atoms with Gasteiger partial charge in [0.1, 0.15) is 0 Å². The summed E-state index contributed by atoms with van der Waals surface area (Å²) in [5.74, 6) is 0. The fourth-order valence-electron chi connectivity index (χ4n) is 3.52. The molecule has 2 fully saturated rings. The summed E-state index contributed by atoms with van der Waals surface area (Å²) < 4.78 is 0. The van der Waals surface area contributed by atoms with Crippen molar-refractivity contribution < 1.29 is 0 Å². The Morgan fingerprint density at radius 2 is 2.12 bits per heavy atom. The summed E-state index contributed by atoms with van der Waals surface area (Å²) in [6.07, 6.45) is 2.73. The third-order valence-corrected chi connectivity index (χ3v) is 4.84. The molecule has 1 spiro atoms. The molecule has 0 saturated carbocycles. The van der Waals surface area contributed by atoms with E-state index in [0.29, 0.717) is 5.41 Å². The molecular weight excluding hydrogens is 208 g/mol. The smallest absolute Gasteiger partial charge is 0.0236 e. The summed E-state index contributed by atoms with van der Waals surface area (Å²) >= 11 is 0. The van der Waals surface area contributed by atoms with Crippen LogP contribution in [0.15, 0.2) is 30.3 Å². The monoisotopic (exact) mass is 230 g/mol. The van der Waals surface area contributed by atoms with Crippen LogP contribution >= 0.6 is 0 Å². The van der Waals surface area contributed by atoms with Crippen LogP contribution in [0.2, 0.25) is 0 Å². The van der Waals surface area contributed by atoms with Gasteiger partial charge < -0.3 is 5.32 Å². The van der Waals surface area contributed by atoms with Gasteiger partial charge in [-0.05, 0) is 38.4 Å². The van der Waals surface area contributed by atoms with Crippen molar-refractivity contribution in [3.63, 3.8) is 0 Å². The molecule has 92 valence electrons. The van der Waals surface area contributed by atoms with E-state index in [1.807, 2.05) is 0 Å². The molecule has 17 heavy (non-hydrogen) atoms. The lowest BCUT2D eigenvalue weighted by atomic mass is 9.80. The third kappa shape index (κ3) is 2.00. The highest BCUT2D eigenvalue weighted by Crippen LogP contribution is 2.42. The minimum atomic E-state index is 0.564. The number of hydrogen-bond acceptors (Lipinski definition) is 2. The van der Waals surface area contributed by atoms with Gasteiger partial charge in [0.05, 0.1) is 0 Å². The molecular formula is C15H22N2. The van der Waals surface area contributed by atoms with Crippen molar-refractivity contribution in [2.24, 2.45) is 5.41 Å². The van der Waals surface area contributed by atoms with E-state index >= 15 is 0 Å². The fraction of sp³-hybridized carbons (Fsp3) is 0.600. The Balaban J connectivity index is 1.70. The maximum absolute atomic E-state index is 3.54. The quantitative estimate of drug-likeness (QED) is 0.838. The Bertz CT molecular complexity index is 368. The summed E-state index contributed by atoms with van der Waals surface area (Å²) in [6.45, 7) is 7.23. The van der Waals surface area contributed by atoms with E-state index in [1.165, 1.54) is 38.0 Å². The summed E-state index contributed by atoms with van der Waals surface area (Å²) in [7, 11) is 0. The summed E-state index contributed by atoms with van der Waals surface area (Å²) in [5, 5.41) is 3.54. The lowest BCUT2D eigenvalue weighted by Gasteiger charge is -2.31. The number of nitrogens with one attached hydrogen (secondary N) is 1. The highest BCUT2D eigenvalue weighted by Gasteiger charge is 2.46. The molecule has 1 aromatic carbocycles. The van der Waals surface area contributed by atoms with E-state index in [9.17, 15) is 0 Å². The second-order valence-electron chi connectivity index (χ2n) is 5.67. The van der Waals surface area contributed by atoms with Gasteiger partial charge in [0.25, 0.3) is 0 Å². The zero-order valence-corrected chi connectivity index (χ0v) is 10.7. The summed E-state index contributed by atoms with van der Waals surface area (Å²) in [6, 6.07) is 11.6. The van der Waals surface area contributed by atoms with Crippen LogP contribution < -0.4 is 5.32 Å². The van der Waals surface area contributed by atoms with Gasteiger partial charge in [-0.1, -0.05) is 30.3 Å². The van der Waals surface area contributed by atoms with Gasteiger partial charge in [0.2, 0.25) is 0 Å². The molecule has 2 atom stereocenters. The molecule has 1 N–H and O–H groups in total. The molecule has 3 rings (SSSR count). The number of nitrogens with zero attached hydrogens (tertiary/aromatic N) is 1. The average molecular weight is 230 g/mol.